The minimum atomic E-state index is -1.11. The number of amides is 1. The lowest BCUT2D eigenvalue weighted by Crippen LogP contribution is -2.49. The highest BCUT2D eigenvalue weighted by Gasteiger charge is 2.27. The minimum absolute atomic E-state index is 0.0144. The third kappa shape index (κ3) is 9.39. The smallest absolute Gasteiger partial charge is 0.429 e. The molecule has 0 bridgehead atoms. The molecule has 10 heteroatoms. The number of carboxylic acid groups (broad SMARTS) is 1. The third-order valence-corrected chi connectivity index (χ3v) is 9.33. The highest BCUT2D eigenvalue weighted by atomic mass is 35.5. The highest BCUT2D eigenvalue weighted by molar-refractivity contribution is 6.34. The molecule has 0 aliphatic heterocycles. The number of hydrogen-bond acceptors (Lipinski definition) is 6. The van der Waals surface area contributed by atoms with Gasteiger partial charge in [0.05, 0.1) is 28.0 Å². The number of rotatable bonds is 17. The Morgan fingerprint density at radius 2 is 1.63 bits per heavy atom. The average Bonchev–Trinajstić information content (AvgIpc) is 3.14. The number of aromatic nitrogens is 2. The Morgan fingerprint density at radius 1 is 0.865 bits per heavy atom. The maximum Gasteiger partial charge on any atom is 0.429 e. The van der Waals surface area contributed by atoms with Crippen LogP contribution in [0.15, 0.2) is 95.8 Å². The largest absolute Gasteiger partial charge is 0.489 e. The van der Waals surface area contributed by atoms with Gasteiger partial charge >= 0.3 is 12.1 Å². The lowest BCUT2D eigenvalue weighted by Gasteiger charge is -2.29. The monoisotopic (exact) mass is 723 g/mol. The van der Waals surface area contributed by atoms with Crippen molar-refractivity contribution in [3.63, 3.8) is 0 Å². The van der Waals surface area contributed by atoms with Crippen LogP contribution in [0.5, 0.6) is 5.75 Å². The van der Waals surface area contributed by atoms with Crippen LogP contribution < -0.4 is 15.3 Å². The molecule has 1 amide bonds. The number of hydrogen-bond donors (Lipinski definition) is 1. The van der Waals surface area contributed by atoms with Crippen LogP contribution in [0, 0.1) is 0 Å². The number of aromatic carboxylic acids is 1. The second-order valence-corrected chi connectivity index (χ2v) is 13.3. The van der Waals surface area contributed by atoms with E-state index in [-0.39, 0.29) is 29.3 Å². The van der Waals surface area contributed by atoms with Gasteiger partial charge < -0.3 is 14.6 Å². The summed E-state index contributed by atoms with van der Waals surface area (Å²) >= 11 is 6.39. The van der Waals surface area contributed by atoms with Crippen LogP contribution in [0.2, 0.25) is 5.02 Å². The first-order valence-electron chi connectivity index (χ1n) is 18.0. The summed E-state index contributed by atoms with van der Waals surface area (Å²) in [5.74, 6) is 0.00739. The molecule has 1 unspecified atom stereocenters. The molecule has 0 saturated heterocycles. The van der Waals surface area contributed by atoms with Crippen molar-refractivity contribution in [1.29, 1.82) is 0 Å². The second kappa shape index (κ2) is 18.4. The van der Waals surface area contributed by atoms with Crippen LogP contribution in [0.4, 0.5) is 4.79 Å². The molecule has 272 valence electrons. The summed E-state index contributed by atoms with van der Waals surface area (Å²) in [6.45, 7) is 6.32. The van der Waals surface area contributed by atoms with Crippen molar-refractivity contribution in [1.82, 2.24) is 9.66 Å². The average molecular weight is 724 g/mol. The van der Waals surface area contributed by atoms with Crippen molar-refractivity contribution in [3.05, 3.63) is 140 Å². The molecule has 1 atom stereocenters. The number of halogens is 1. The summed E-state index contributed by atoms with van der Waals surface area (Å²) in [5, 5.41) is 11.4. The maximum absolute atomic E-state index is 14.4. The topological polar surface area (TPSA) is 111 Å². The summed E-state index contributed by atoms with van der Waals surface area (Å²) in [6, 6.07) is 27.6. The number of nitrogens with zero attached hydrogens (tertiary/aromatic N) is 3. The lowest BCUT2D eigenvalue weighted by atomic mass is 10.0. The van der Waals surface area contributed by atoms with Gasteiger partial charge in [0, 0.05) is 18.4 Å². The molecule has 1 aromatic heterocycles. The van der Waals surface area contributed by atoms with Crippen molar-refractivity contribution >= 4 is 34.6 Å². The Hall–Kier alpha value is -5.15. The standard InChI is InChI=1S/C42H46ClN3O6/c1-4-7-22-38-44-36-21-12-11-19-34(36)40(47)46(38)45(42(50)52-33(15-6-3)26-29-16-9-8-10-17-29)27-30-23-24-37(31(25-30)14-5-2)51-28-32-18-13-20-35(39(32)43)41(48)49/h8-13,16-21,23-25,33H,4-7,14-15,22,26-28H2,1-3H3,(H,48,49). The van der Waals surface area contributed by atoms with Gasteiger partial charge in [0.1, 0.15) is 24.3 Å². The number of unbranched alkanes of at least 4 members (excludes halogenated alkanes) is 1. The van der Waals surface area contributed by atoms with Crippen LogP contribution in [0.3, 0.4) is 0 Å². The molecule has 0 spiro atoms. The van der Waals surface area contributed by atoms with Crippen molar-refractivity contribution in [2.45, 2.75) is 91.4 Å². The van der Waals surface area contributed by atoms with Crippen LogP contribution >= 0.6 is 11.6 Å². The van der Waals surface area contributed by atoms with Gasteiger partial charge in [0.15, 0.2) is 0 Å². The molecule has 0 aliphatic rings. The molecule has 9 nitrogen and oxygen atoms in total. The van der Waals surface area contributed by atoms with Crippen LogP contribution in [0.25, 0.3) is 10.9 Å². The number of para-hydroxylation sites is 1. The van der Waals surface area contributed by atoms with Crippen LogP contribution in [-0.2, 0) is 37.2 Å². The minimum Gasteiger partial charge on any atom is -0.489 e. The quantitative estimate of drug-likeness (QED) is 0.102. The predicted octanol–water partition coefficient (Wildman–Crippen LogP) is 9.31. The molecule has 0 radical (unpaired) electrons. The predicted molar refractivity (Wildman–Crippen MR) is 205 cm³/mol. The van der Waals surface area contributed by atoms with Gasteiger partial charge in [-0.2, -0.15) is 4.68 Å². The van der Waals surface area contributed by atoms with Gasteiger partial charge in [-0.1, -0.05) is 118 Å². The van der Waals surface area contributed by atoms with Crippen molar-refractivity contribution in [2.75, 3.05) is 5.01 Å². The van der Waals surface area contributed by atoms with Crippen LogP contribution in [-0.4, -0.2) is 32.9 Å². The zero-order chi connectivity index (χ0) is 37.0. The highest BCUT2D eigenvalue weighted by Crippen LogP contribution is 2.27. The SMILES string of the molecule is CCCCc1nc2ccccc2c(=O)n1N(Cc1ccc(OCc2cccc(C(=O)O)c2Cl)c(CCC)c1)C(=O)OC(CCC)Cc1ccccc1. The number of carboxylic acids is 1. The van der Waals surface area contributed by atoms with E-state index in [4.69, 9.17) is 26.1 Å². The fourth-order valence-electron chi connectivity index (χ4n) is 6.26. The molecule has 0 saturated carbocycles. The summed E-state index contributed by atoms with van der Waals surface area (Å²) in [6.07, 6.45) is 4.68. The zero-order valence-electron chi connectivity index (χ0n) is 30.0. The van der Waals surface area contributed by atoms with E-state index in [1.165, 1.54) is 15.8 Å². The number of aryl methyl sites for hydroxylation is 2. The van der Waals surface area contributed by atoms with Gasteiger partial charge in [-0.3, -0.25) is 4.79 Å². The Labute approximate surface area is 309 Å². The first-order chi connectivity index (χ1) is 25.2. The Morgan fingerprint density at radius 3 is 2.37 bits per heavy atom. The summed E-state index contributed by atoms with van der Waals surface area (Å²) in [5.41, 5.74) is 3.55. The van der Waals surface area contributed by atoms with E-state index in [2.05, 4.69) is 20.8 Å². The van der Waals surface area contributed by atoms with Gasteiger partial charge in [0.2, 0.25) is 0 Å². The molecule has 4 aromatic carbocycles. The van der Waals surface area contributed by atoms with Crippen molar-refractivity contribution in [3.8, 4) is 5.75 Å². The molecule has 52 heavy (non-hydrogen) atoms. The molecule has 5 rings (SSSR count). The maximum atomic E-state index is 14.4. The first-order valence-corrected chi connectivity index (χ1v) is 18.4. The van der Waals surface area contributed by atoms with E-state index in [0.29, 0.717) is 53.7 Å². The van der Waals surface area contributed by atoms with Gasteiger partial charge in [0.25, 0.3) is 5.56 Å². The third-order valence-electron chi connectivity index (χ3n) is 8.88. The van der Waals surface area contributed by atoms with Gasteiger partial charge in [-0.25, -0.2) is 19.6 Å². The molecular weight excluding hydrogens is 678 g/mol. The van der Waals surface area contributed by atoms with Crippen LogP contribution in [0.1, 0.15) is 91.3 Å². The molecule has 0 fully saturated rings. The Balaban J connectivity index is 1.53. The van der Waals surface area contributed by atoms with E-state index in [9.17, 15) is 19.5 Å². The number of carbonyl (C=O) groups excluding carboxylic acids is 1. The fourth-order valence-corrected chi connectivity index (χ4v) is 6.52. The van der Waals surface area contributed by atoms with E-state index >= 15 is 0 Å². The molecular formula is C42H46ClN3O6. The van der Waals surface area contributed by atoms with Gasteiger partial charge in [-0.05, 0) is 60.2 Å². The fraction of sp³-hybridized carbons (Fsp3) is 0.333. The lowest BCUT2D eigenvalue weighted by molar-refractivity contribution is 0.0696. The van der Waals surface area contributed by atoms with E-state index in [0.717, 1.165) is 42.4 Å². The number of ether oxygens (including phenoxy) is 2. The van der Waals surface area contributed by atoms with Crippen molar-refractivity contribution in [2.24, 2.45) is 0 Å². The zero-order valence-corrected chi connectivity index (χ0v) is 30.8. The second-order valence-electron chi connectivity index (χ2n) is 12.9. The number of benzene rings is 4. The van der Waals surface area contributed by atoms with E-state index in [1.807, 2.05) is 60.7 Å². The molecule has 0 aliphatic carbocycles. The van der Waals surface area contributed by atoms with E-state index < -0.39 is 18.2 Å². The van der Waals surface area contributed by atoms with E-state index in [1.54, 1.807) is 24.3 Å². The van der Waals surface area contributed by atoms with Crippen molar-refractivity contribution < 1.29 is 24.2 Å². The Kier molecular flexibility index (Phi) is 13.5. The number of fused-ring (bicyclic) bond motifs is 1. The Bertz CT molecular complexity index is 2050. The summed E-state index contributed by atoms with van der Waals surface area (Å²) < 4.78 is 13.9. The van der Waals surface area contributed by atoms with Gasteiger partial charge in [-0.15, -0.1) is 0 Å². The summed E-state index contributed by atoms with van der Waals surface area (Å²) in [4.78, 5) is 45.2. The molecule has 1 heterocycles. The molecule has 5 aromatic rings. The summed E-state index contributed by atoms with van der Waals surface area (Å²) in [7, 11) is 0. The number of carbonyl (C=O) groups is 2. The normalized spacial score (nSPS) is 11.7. The first kappa shape index (κ1) is 38.1. The molecule has 1 N–H and O–H groups in total.